The number of hydrogen-bond acceptors (Lipinski definition) is 6. The van der Waals surface area contributed by atoms with Crippen LogP contribution in [0.4, 0.5) is 5.82 Å². The average molecular weight is 429 g/mol. The van der Waals surface area contributed by atoms with Crippen LogP contribution in [0.5, 0.6) is 0 Å². The normalized spacial score (nSPS) is 27.2. The first-order valence-electron chi connectivity index (χ1n) is 13.0. The molecule has 4 rings (SSSR count). The molecule has 1 aromatic rings. The fourth-order valence-corrected chi connectivity index (χ4v) is 5.71. The van der Waals surface area contributed by atoms with Gasteiger partial charge in [0.2, 0.25) is 0 Å². The van der Waals surface area contributed by atoms with Crippen LogP contribution in [0.15, 0.2) is 0 Å². The zero-order valence-corrected chi connectivity index (χ0v) is 19.9. The molecule has 31 heavy (non-hydrogen) atoms. The van der Waals surface area contributed by atoms with Gasteiger partial charge in [-0.25, -0.2) is 9.97 Å². The number of hydrogen-bond donors (Lipinski definition) is 3. The third-order valence-electron chi connectivity index (χ3n) is 8.00. The molecule has 0 radical (unpaired) electrons. The van der Waals surface area contributed by atoms with Crippen molar-refractivity contribution in [2.24, 2.45) is 11.7 Å². The number of aromatic nitrogens is 2. The molecule has 0 spiro atoms. The Kier molecular flexibility index (Phi) is 7.83. The Morgan fingerprint density at radius 1 is 1.10 bits per heavy atom. The summed E-state index contributed by atoms with van der Waals surface area (Å²) >= 11 is 0. The van der Waals surface area contributed by atoms with Crippen LogP contribution in [0.1, 0.15) is 95.1 Å². The summed E-state index contributed by atoms with van der Waals surface area (Å²) in [6, 6.07) is 0.263. The summed E-state index contributed by atoms with van der Waals surface area (Å²) < 4.78 is 0. The van der Waals surface area contributed by atoms with E-state index in [9.17, 15) is 0 Å². The molecule has 1 saturated heterocycles. The molecule has 1 aliphatic carbocycles. The lowest BCUT2D eigenvalue weighted by Gasteiger charge is -2.42. The topological polar surface area (TPSA) is 79.1 Å². The SMILES string of the molecule is CCC(CC)CNC1CCCCC1(N)c1nc2c(c(N3CCCCCC3)n1)CNCC2. The Bertz CT molecular complexity index is 710. The van der Waals surface area contributed by atoms with Gasteiger partial charge in [-0.15, -0.1) is 0 Å². The first kappa shape index (κ1) is 22.9. The van der Waals surface area contributed by atoms with Crippen molar-refractivity contribution >= 4 is 5.82 Å². The quantitative estimate of drug-likeness (QED) is 0.615. The van der Waals surface area contributed by atoms with Gasteiger partial charge < -0.3 is 21.3 Å². The van der Waals surface area contributed by atoms with Crippen LogP contribution in [-0.2, 0) is 18.5 Å². The number of fused-ring (bicyclic) bond motifs is 1. The van der Waals surface area contributed by atoms with Crippen LogP contribution in [-0.4, -0.2) is 42.2 Å². The zero-order chi connectivity index (χ0) is 21.7. The molecule has 1 saturated carbocycles. The highest BCUT2D eigenvalue weighted by atomic mass is 15.2. The van der Waals surface area contributed by atoms with Gasteiger partial charge in [0.15, 0.2) is 5.82 Å². The Morgan fingerprint density at radius 3 is 2.61 bits per heavy atom. The minimum absolute atomic E-state index is 0.263. The third kappa shape index (κ3) is 5.07. The molecule has 3 aliphatic rings. The summed E-state index contributed by atoms with van der Waals surface area (Å²) in [6.45, 7) is 9.73. The summed E-state index contributed by atoms with van der Waals surface area (Å²) in [7, 11) is 0. The van der Waals surface area contributed by atoms with Gasteiger partial charge in [-0.3, -0.25) is 0 Å². The minimum Gasteiger partial charge on any atom is -0.356 e. The largest absolute Gasteiger partial charge is 0.356 e. The standard InChI is InChI=1S/C25H44N6/c1-3-19(4-2)17-28-22-11-7-8-13-25(22,26)24-29-21-12-14-27-18-20(21)23(30-24)31-15-9-5-6-10-16-31/h19,22,27-28H,3-18,26H2,1-2H3. The van der Waals surface area contributed by atoms with E-state index in [0.29, 0.717) is 0 Å². The van der Waals surface area contributed by atoms with Crippen molar-refractivity contribution in [1.82, 2.24) is 20.6 Å². The Morgan fingerprint density at radius 2 is 1.87 bits per heavy atom. The highest BCUT2D eigenvalue weighted by Crippen LogP contribution is 2.36. The van der Waals surface area contributed by atoms with Gasteiger partial charge in [0.25, 0.3) is 0 Å². The highest BCUT2D eigenvalue weighted by Gasteiger charge is 2.42. The highest BCUT2D eigenvalue weighted by molar-refractivity contribution is 5.51. The maximum Gasteiger partial charge on any atom is 0.152 e. The molecular formula is C25H44N6. The molecule has 174 valence electrons. The lowest BCUT2D eigenvalue weighted by molar-refractivity contribution is 0.197. The van der Waals surface area contributed by atoms with E-state index in [4.69, 9.17) is 15.7 Å². The predicted molar refractivity (Wildman–Crippen MR) is 128 cm³/mol. The van der Waals surface area contributed by atoms with Gasteiger partial charge in [-0.1, -0.05) is 52.4 Å². The van der Waals surface area contributed by atoms with E-state index in [0.717, 1.165) is 63.7 Å². The van der Waals surface area contributed by atoms with E-state index in [2.05, 4.69) is 29.4 Å². The summed E-state index contributed by atoms with van der Waals surface area (Å²) in [5, 5.41) is 7.42. The van der Waals surface area contributed by atoms with Crippen LogP contribution >= 0.6 is 0 Å². The molecule has 1 aromatic heterocycles. The van der Waals surface area contributed by atoms with Gasteiger partial charge in [0.05, 0.1) is 11.2 Å². The average Bonchev–Trinajstić information content (AvgIpc) is 3.09. The number of nitrogens with zero attached hydrogens (tertiary/aromatic N) is 3. The number of rotatable bonds is 7. The lowest BCUT2D eigenvalue weighted by atomic mass is 9.77. The molecule has 0 aromatic carbocycles. The van der Waals surface area contributed by atoms with Gasteiger partial charge >= 0.3 is 0 Å². The van der Waals surface area contributed by atoms with E-state index < -0.39 is 5.54 Å². The van der Waals surface area contributed by atoms with Gasteiger partial charge in [0, 0.05) is 44.2 Å². The van der Waals surface area contributed by atoms with Crippen molar-refractivity contribution in [3.63, 3.8) is 0 Å². The molecule has 2 atom stereocenters. The molecule has 3 heterocycles. The minimum atomic E-state index is -0.467. The second-order valence-corrected chi connectivity index (χ2v) is 10.1. The molecular weight excluding hydrogens is 384 g/mol. The van der Waals surface area contributed by atoms with Crippen LogP contribution in [0.3, 0.4) is 0 Å². The van der Waals surface area contributed by atoms with Crippen molar-refractivity contribution in [3.8, 4) is 0 Å². The Balaban J connectivity index is 1.66. The molecule has 4 N–H and O–H groups in total. The molecule has 6 nitrogen and oxygen atoms in total. The smallest absolute Gasteiger partial charge is 0.152 e. The second kappa shape index (κ2) is 10.6. The summed E-state index contributed by atoms with van der Waals surface area (Å²) in [5.41, 5.74) is 9.32. The molecule has 0 bridgehead atoms. The van der Waals surface area contributed by atoms with Gasteiger partial charge in [-0.05, 0) is 38.1 Å². The van der Waals surface area contributed by atoms with E-state index in [1.807, 2.05) is 0 Å². The summed E-state index contributed by atoms with van der Waals surface area (Å²) in [4.78, 5) is 13.0. The molecule has 2 unspecified atom stereocenters. The van der Waals surface area contributed by atoms with Crippen LogP contribution in [0.2, 0.25) is 0 Å². The number of nitrogens with two attached hydrogens (primary N) is 1. The number of nitrogens with one attached hydrogen (secondary N) is 2. The molecule has 2 fully saturated rings. The van der Waals surface area contributed by atoms with Crippen LogP contribution < -0.4 is 21.3 Å². The lowest BCUT2D eigenvalue weighted by Crippen LogP contribution is -2.58. The van der Waals surface area contributed by atoms with Crippen molar-refractivity contribution < 1.29 is 0 Å². The van der Waals surface area contributed by atoms with E-state index in [1.54, 1.807) is 0 Å². The van der Waals surface area contributed by atoms with Crippen molar-refractivity contribution in [2.45, 2.75) is 103 Å². The zero-order valence-electron chi connectivity index (χ0n) is 19.9. The third-order valence-corrected chi connectivity index (χ3v) is 8.00. The molecule has 0 amide bonds. The predicted octanol–water partition coefficient (Wildman–Crippen LogP) is 3.63. The van der Waals surface area contributed by atoms with Crippen molar-refractivity contribution in [3.05, 3.63) is 17.1 Å². The maximum atomic E-state index is 7.23. The Hall–Kier alpha value is -1.24. The van der Waals surface area contributed by atoms with Gasteiger partial charge in [0.1, 0.15) is 5.82 Å². The monoisotopic (exact) mass is 428 g/mol. The van der Waals surface area contributed by atoms with Crippen molar-refractivity contribution in [2.75, 3.05) is 31.1 Å². The summed E-state index contributed by atoms with van der Waals surface area (Å²) in [5.74, 6) is 2.78. The van der Waals surface area contributed by atoms with E-state index in [-0.39, 0.29) is 6.04 Å². The molecule has 6 heteroatoms. The fraction of sp³-hybridized carbons (Fsp3) is 0.840. The fourth-order valence-electron chi connectivity index (χ4n) is 5.71. The Labute approximate surface area is 189 Å². The first-order valence-corrected chi connectivity index (χ1v) is 13.0. The van der Waals surface area contributed by atoms with E-state index in [1.165, 1.54) is 68.4 Å². The molecule has 2 aliphatic heterocycles. The van der Waals surface area contributed by atoms with Crippen molar-refractivity contribution in [1.29, 1.82) is 0 Å². The summed E-state index contributed by atoms with van der Waals surface area (Å²) in [6.07, 6.45) is 13.1. The van der Waals surface area contributed by atoms with Crippen LogP contribution in [0, 0.1) is 5.92 Å². The van der Waals surface area contributed by atoms with Crippen LogP contribution in [0.25, 0.3) is 0 Å². The maximum absolute atomic E-state index is 7.23. The second-order valence-electron chi connectivity index (χ2n) is 10.1. The van der Waals surface area contributed by atoms with Gasteiger partial charge in [-0.2, -0.15) is 0 Å². The number of anilines is 1. The van der Waals surface area contributed by atoms with E-state index >= 15 is 0 Å². The first-order chi connectivity index (χ1) is 15.2.